The number of amides is 2. The number of fused-ring (bicyclic) bond motifs is 1. The number of carbonyl (C=O) groups excluding carboxylic acids is 2. The molecule has 1 saturated carbocycles. The monoisotopic (exact) mass is 311 g/mol. The molecule has 1 aromatic carbocycles. The Morgan fingerprint density at radius 3 is 2.78 bits per heavy atom. The lowest BCUT2D eigenvalue weighted by molar-refractivity contribution is -0.134. The van der Waals surface area contributed by atoms with Gasteiger partial charge in [0.05, 0.1) is 11.8 Å². The number of hydrogen-bond donors (Lipinski definition) is 1. The maximum absolute atomic E-state index is 12.2. The summed E-state index contributed by atoms with van der Waals surface area (Å²) in [5, 5.41) is 9.28. The van der Waals surface area contributed by atoms with Crippen LogP contribution in [0.2, 0.25) is 0 Å². The van der Waals surface area contributed by atoms with Gasteiger partial charge in [0.25, 0.3) is 0 Å². The van der Waals surface area contributed by atoms with Crippen molar-refractivity contribution in [3.05, 3.63) is 29.3 Å². The summed E-state index contributed by atoms with van der Waals surface area (Å²) >= 11 is 0. The average molecular weight is 311 g/mol. The summed E-state index contributed by atoms with van der Waals surface area (Å²) in [7, 11) is 0. The van der Waals surface area contributed by atoms with E-state index in [0.29, 0.717) is 25.2 Å². The lowest BCUT2D eigenvalue weighted by Gasteiger charge is -2.29. The van der Waals surface area contributed by atoms with Crippen molar-refractivity contribution in [1.29, 1.82) is 0 Å². The number of aryl methyl sites for hydroxylation is 1. The smallest absolute Gasteiger partial charge is 0.243 e. The standard InChI is InChI=1S/C18H21N3O2/c1-11(12-2-3-12)21-18(23)9-7-16(20-21)14-4-6-15-13(10-14)5-8-17(22)19-15/h4,6,10-12H,2-3,5,7-9H2,1H3,(H,19,22). The first-order valence-corrected chi connectivity index (χ1v) is 8.44. The van der Waals surface area contributed by atoms with Crippen LogP contribution in [-0.2, 0) is 16.0 Å². The second-order valence-electron chi connectivity index (χ2n) is 6.78. The van der Waals surface area contributed by atoms with Gasteiger partial charge in [-0.05, 0) is 55.4 Å². The number of rotatable bonds is 3. The van der Waals surface area contributed by atoms with Crippen LogP contribution in [0.15, 0.2) is 23.3 Å². The number of hydrogen-bond acceptors (Lipinski definition) is 3. The third-order valence-electron chi connectivity index (χ3n) is 5.08. The van der Waals surface area contributed by atoms with Crippen LogP contribution in [0.4, 0.5) is 5.69 Å². The maximum Gasteiger partial charge on any atom is 0.243 e. The van der Waals surface area contributed by atoms with E-state index in [2.05, 4.69) is 23.4 Å². The van der Waals surface area contributed by atoms with Crippen molar-refractivity contribution in [3.63, 3.8) is 0 Å². The molecule has 5 heteroatoms. The molecule has 1 atom stereocenters. The van der Waals surface area contributed by atoms with Gasteiger partial charge in [0.15, 0.2) is 0 Å². The van der Waals surface area contributed by atoms with Gasteiger partial charge in [0.2, 0.25) is 11.8 Å². The van der Waals surface area contributed by atoms with Crippen molar-refractivity contribution in [2.24, 2.45) is 11.0 Å². The van der Waals surface area contributed by atoms with Gasteiger partial charge >= 0.3 is 0 Å². The molecule has 5 nitrogen and oxygen atoms in total. The van der Waals surface area contributed by atoms with Crippen molar-refractivity contribution in [2.45, 2.75) is 51.5 Å². The van der Waals surface area contributed by atoms with E-state index < -0.39 is 0 Å². The summed E-state index contributed by atoms with van der Waals surface area (Å²) in [6.07, 6.45) is 4.93. The maximum atomic E-state index is 12.2. The van der Waals surface area contributed by atoms with Gasteiger partial charge in [-0.25, -0.2) is 5.01 Å². The third kappa shape index (κ3) is 2.76. The highest BCUT2D eigenvalue weighted by Crippen LogP contribution is 2.36. The Labute approximate surface area is 135 Å². The molecule has 0 radical (unpaired) electrons. The Bertz CT molecular complexity index is 706. The van der Waals surface area contributed by atoms with Crippen LogP contribution < -0.4 is 5.32 Å². The average Bonchev–Trinajstić information content (AvgIpc) is 3.39. The molecule has 1 aromatic rings. The molecule has 0 saturated heterocycles. The molecular weight excluding hydrogens is 290 g/mol. The van der Waals surface area contributed by atoms with Crippen molar-refractivity contribution in [2.75, 3.05) is 5.32 Å². The predicted molar refractivity (Wildman–Crippen MR) is 88.2 cm³/mol. The Kier molecular flexibility index (Phi) is 3.43. The van der Waals surface area contributed by atoms with Crippen molar-refractivity contribution >= 4 is 23.2 Å². The Morgan fingerprint density at radius 2 is 2.00 bits per heavy atom. The second-order valence-corrected chi connectivity index (χ2v) is 6.78. The van der Waals surface area contributed by atoms with Crippen LogP contribution >= 0.6 is 0 Å². The summed E-state index contributed by atoms with van der Waals surface area (Å²) in [6, 6.07) is 6.27. The summed E-state index contributed by atoms with van der Waals surface area (Å²) in [5.41, 5.74) is 4.11. The van der Waals surface area contributed by atoms with Crippen LogP contribution in [0.5, 0.6) is 0 Å². The van der Waals surface area contributed by atoms with Gasteiger partial charge in [-0.1, -0.05) is 6.07 Å². The van der Waals surface area contributed by atoms with Crippen LogP contribution in [-0.4, -0.2) is 28.6 Å². The molecule has 1 aliphatic carbocycles. The Hall–Kier alpha value is -2.17. The Balaban J connectivity index is 1.63. The van der Waals surface area contributed by atoms with Gasteiger partial charge in [-0.2, -0.15) is 5.10 Å². The Morgan fingerprint density at radius 1 is 1.17 bits per heavy atom. The van der Waals surface area contributed by atoms with Crippen LogP contribution in [0.25, 0.3) is 0 Å². The van der Waals surface area contributed by atoms with E-state index in [9.17, 15) is 9.59 Å². The number of nitrogens with one attached hydrogen (secondary N) is 1. The zero-order valence-electron chi connectivity index (χ0n) is 13.3. The molecule has 4 rings (SSSR count). The second kappa shape index (κ2) is 5.48. The van der Waals surface area contributed by atoms with E-state index in [-0.39, 0.29) is 17.9 Å². The molecule has 3 aliphatic rings. The van der Waals surface area contributed by atoms with E-state index >= 15 is 0 Å². The van der Waals surface area contributed by atoms with Crippen molar-refractivity contribution in [3.8, 4) is 0 Å². The van der Waals surface area contributed by atoms with Crippen LogP contribution in [0.3, 0.4) is 0 Å². The summed E-state index contributed by atoms with van der Waals surface area (Å²) in [5.74, 6) is 0.828. The van der Waals surface area contributed by atoms with Gasteiger partial charge in [0.1, 0.15) is 0 Å². The summed E-state index contributed by atoms with van der Waals surface area (Å²) in [6.45, 7) is 2.10. The molecule has 1 unspecified atom stereocenters. The quantitative estimate of drug-likeness (QED) is 0.933. The normalized spacial score (nSPS) is 22.3. The number of carbonyl (C=O) groups is 2. The van der Waals surface area contributed by atoms with Crippen molar-refractivity contribution < 1.29 is 9.59 Å². The number of nitrogens with zero attached hydrogens (tertiary/aromatic N) is 2. The van der Waals surface area contributed by atoms with E-state index in [0.717, 1.165) is 28.9 Å². The minimum Gasteiger partial charge on any atom is -0.326 e. The van der Waals surface area contributed by atoms with E-state index in [1.54, 1.807) is 5.01 Å². The predicted octanol–water partition coefficient (Wildman–Crippen LogP) is 2.70. The van der Waals surface area contributed by atoms with Crippen LogP contribution in [0, 0.1) is 5.92 Å². The molecule has 1 fully saturated rings. The van der Waals surface area contributed by atoms with Crippen LogP contribution in [0.1, 0.15) is 50.2 Å². The molecule has 0 aromatic heterocycles. The lowest BCUT2D eigenvalue weighted by Crippen LogP contribution is -2.39. The molecule has 2 amide bonds. The number of hydrazone groups is 1. The summed E-state index contributed by atoms with van der Waals surface area (Å²) < 4.78 is 0. The summed E-state index contributed by atoms with van der Waals surface area (Å²) in [4.78, 5) is 23.6. The number of benzene rings is 1. The molecular formula is C18H21N3O2. The van der Waals surface area contributed by atoms with Gasteiger partial charge in [-0.3, -0.25) is 9.59 Å². The van der Waals surface area contributed by atoms with Crippen molar-refractivity contribution in [1.82, 2.24) is 5.01 Å². The highest BCUT2D eigenvalue weighted by Gasteiger charge is 2.36. The zero-order valence-corrected chi connectivity index (χ0v) is 13.3. The largest absolute Gasteiger partial charge is 0.326 e. The van der Waals surface area contributed by atoms with E-state index in [4.69, 9.17) is 0 Å². The third-order valence-corrected chi connectivity index (χ3v) is 5.08. The molecule has 0 bridgehead atoms. The molecule has 0 spiro atoms. The molecule has 2 aliphatic heterocycles. The molecule has 120 valence electrons. The van der Waals surface area contributed by atoms with Gasteiger partial charge in [-0.15, -0.1) is 0 Å². The SMILES string of the molecule is CC(C1CC1)N1N=C(c2ccc3c(c2)CCC(=O)N3)CCC1=O. The lowest BCUT2D eigenvalue weighted by atomic mass is 9.96. The van der Waals surface area contributed by atoms with Gasteiger partial charge < -0.3 is 5.32 Å². The first kappa shape index (κ1) is 14.4. The van der Waals surface area contributed by atoms with Gasteiger partial charge in [0, 0.05) is 24.9 Å². The fraction of sp³-hybridized carbons (Fsp3) is 0.500. The first-order valence-electron chi connectivity index (χ1n) is 8.44. The highest BCUT2D eigenvalue weighted by molar-refractivity contribution is 6.05. The van der Waals surface area contributed by atoms with E-state index in [1.165, 1.54) is 12.8 Å². The minimum absolute atomic E-state index is 0.0790. The zero-order chi connectivity index (χ0) is 16.0. The van der Waals surface area contributed by atoms with E-state index in [1.807, 2.05) is 12.1 Å². The topological polar surface area (TPSA) is 61.8 Å². The molecule has 2 heterocycles. The minimum atomic E-state index is 0.0790. The molecule has 1 N–H and O–H groups in total. The highest BCUT2D eigenvalue weighted by atomic mass is 16.2. The molecule has 23 heavy (non-hydrogen) atoms. The fourth-order valence-corrected chi connectivity index (χ4v) is 3.44. The fourth-order valence-electron chi connectivity index (χ4n) is 3.44. The first-order chi connectivity index (χ1) is 11.1. The number of anilines is 1.